The van der Waals surface area contributed by atoms with Gasteiger partial charge in [0.15, 0.2) is 0 Å². The molecule has 0 radical (unpaired) electrons. The molecule has 1 amide bonds. The standard InChI is InChI=1S/C14H15N3O4/c18-13(9-21-10-14(19)20)15-8-11-4-1-2-5-12(11)17-7-3-6-16-17/h1-7H,8-10H2,(H,15,18)(H,19,20). The van der Waals surface area contributed by atoms with Crippen molar-refractivity contribution in [1.82, 2.24) is 15.1 Å². The Morgan fingerprint density at radius 1 is 1.24 bits per heavy atom. The summed E-state index contributed by atoms with van der Waals surface area (Å²) in [4.78, 5) is 21.8. The fourth-order valence-electron chi connectivity index (χ4n) is 1.77. The number of para-hydroxylation sites is 1. The Balaban J connectivity index is 1.92. The second-order valence-corrected chi connectivity index (χ2v) is 4.24. The third kappa shape index (κ3) is 4.43. The molecule has 0 atom stereocenters. The minimum absolute atomic E-state index is 0.282. The maximum absolute atomic E-state index is 11.5. The minimum Gasteiger partial charge on any atom is -0.480 e. The monoisotopic (exact) mass is 289 g/mol. The number of nitrogens with one attached hydrogen (secondary N) is 1. The van der Waals surface area contributed by atoms with Crippen molar-refractivity contribution in [2.75, 3.05) is 13.2 Å². The van der Waals surface area contributed by atoms with Crippen LogP contribution in [-0.4, -0.2) is 40.0 Å². The van der Waals surface area contributed by atoms with E-state index in [2.05, 4.69) is 10.4 Å². The van der Waals surface area contributed by atoms with Gasteiger partial charge in [-0.25, -0.2) is 9.48 Å². The van der Waals surface area contributed by atoms with Crippen molar-refractivity contribution in [3.8, 4) is 5.69 Å². The first kappa shape index (κ1) is 14.7. The first-order valence-electron chi connectivity index (χ1n) is 6.31. The average Bonchev–Trinajstić information content (AvgIpc) is 2.99. The van der Waals surface area contributed by atoms with Gasteiger partial charge in [0.05, 0.1) is 5.69 Å². The Hall–Kier alpha value is -2.67. The van der Waals surface area contributed by atoms with Crippen LogP contribution in [0, 0.1) is 0 Å². The van der Waals surface area contributed by atoms with Crippen molar-refractivity contribution >= 4 is 11.9 Å². The van der Waals surface area contributed by atoms with Gasteiger partial charge in [-0.05, 0) is 17.7 Å². The molecule has 0 aliphatic rings. The van der Waals surface area contributed by atoms with Crippen molar-refractivity contribution in [2.24, 2.45) is 0 Å². The maximum Gasteiger partial charge on any atom is 0.329 e. The van der Waals surface area contributed by atoms with Gasteiger partial charge in [0, 0.05) is 18.9 Å². The highest BCUT2D eigenvalue weighted by atomic mass is 16.5. The lowest BCUT2D eigenvalue weighted by atomic mass is 10.2. The van der Waals surface area contributed by atoms with Gasteiger partial charge in [0.25, 0.3) is 0 Å². The van der Waals surface area contributed by atoms with Crippen LogP contribution in [0.25, 0.3) is 5.69 Å². The number of hydrogen-bond acceptors (Lipinski definition) is 4. The Morgan fingerprint density at radius 2 is 2.05 bits per heavy atom. The van der Waals surface area contributed by atoms with Crippen LogP contribution in [0.15, 0.2) is 42.7 Å². The van der Waals surface area contributed by atoms with Crippen molar-refractivity contribution in [1.29, 1.82) is 0 Å². The fourth-order valence-corrected chi connectivity index (χ4v) is 1.77. The summed E-state index contributed by atoms with van der Waals surface area (Å²) in [6, 6.07) is 9.35. The second-order valence-electron chi connectivity index (χ2n) is 4.24. The number of carbonyl (C=O) groups is 2. The number of aromatic nitrogens is 2. The molecule has 2 N–H and O–H groups in total. The molecule has 7 nitrogen and oxygen atoms in total. The van der Waals surface area contributed by atoms with Crippen LogP contribution < -0.4 is 5.32 Å². The first-order chi connectivity index (χ1) is 10.2. The largest absolute Gasteiger partial charge is 0.480 e. The predicted octanol–water partition coefficient (Wildman–Crippen LogP) is 0.590. The molecule has 2 rings (SSSR count). The smallest absolute Gasteiger partial charge is 0.329 e. The van der Waals surface area contributed by atoms with Gasteiger partial charge < -0.3 is 15.2 Å². The van der Waals surface area contributed by atoms with Crippen LogP contribution in [0.5, 0.6) is 0 Å². The third-order valence-electron chi connectivity index (χ3n) is 2.68. The predicted molar refractivity (Wildman–Crippen MR) is 73.9 cm³/mol. The van der Waals surface area contributed by atoms with E-state index in [1.54, 1.807) is 10.9 Å². The first-order valence-corrected chi connectivity index (χ1v) is 6.31. The summed E-state index contributed by atoms with van der Waals surface area (Å²) in [5.41, 5.74) is 1.77. The number of amides is 1. The van der Waals surface area contributed by atoms with E-state index in [-0.39, 0.29) is 12.5 Å². The molecule has 2 aromatic rings. The molecule has 1 aromatic carbocycles. The van der Waals surface area contributed by atoms with Crippen LogP contribution in [0.2, 0.25) is 0 Å². The number of carboxylic acid groups (broad SMARTS) is 1. The van der Waals surface area contributed by atoms with E-state index in [1.165, 1.54) is 0 Å². The van der Waals surface area contributed by atoms with E-state index in [9.17, 15) is 9.59 Å². The van der Waals surface area contributed by atoms with Crippen molar-refractivity contribution in [2.45, 2.75) is 6.54 Å². The molecule has 0 bridgehead atoms. The summed E-state index contributed by atoms with van der Waals surface area (Å²) < 4.78 is 6.43. The lowest BCUT2D eigenvalue weighted by Gasteiger charge is -2.10. The maximum atomic E-state index is 11.5. The zero-order chi connectivity index (χ0) is 15.1. The molecule has 0 unspecified atom stereocenters. The molecule has 7 heteroatoms. The SMILES string of the molecule is O=C(O)COCC(=O)NCc1ccccc1-n1cccn1. The molecular weight excluding hydrogens is 274 g/mol. The zero-order valence-corrected chi connectivity index (χ0v) is 11.2. The summed E-state index contributed by atoms with van der Waals surface area (Å²) in [6.07, 6.45) is 3.49. The fraction of sp³-hybridized carbons (Fsp3) is 0.214. The van der Waals surface area contributed by atoms with Crippen LogP contribution >= 0.6 is 0 Å². The summed E-state index contributed by atoms with van der Waals surface area (Å²) >= 11 is 0. The highest BCUT2D eigenvalue weighted by Crippen LogP contribution is 2.12. The molecule has 0 saturated carbocycles. The minimum atomic E-state index is -1.10. The number of benzene rings is 1. The van der Waals surface area contributed by atoms with Crippen molar-refractivity contribution in [3.05, 3.63) is 48.3 Å². The molecule has 0 saturated heterocycles. The van der Waals surface area contributed by atoms with E-state index in [0.29, 0.717) is 6.54 Å². The number of hydrogen-bond donors (Lipinski definition) is 2. The van der Waals surface area contributed by atoms with Crippen LogP contribution in [0.4, 0.5) is 0 Å². The number of rotatable bonds is 7. The molecule has 0 aliphatic heterocycles. The Labute approximate surface area is 121 Å². The molecule has 110 valence electrons. The van der Waals surface area contributed by atoms with Gasteiger partial charge in [-0.1, -0.05) is 18.2 Å². The Morgan fingerprint density at radius 3 is 2.76 bits per heavy atom. The molecule has 0 aliphatic carbocycles. The average molecular weight is 289 g/mol. The lowest BCUT2D eigenvalue weighted by Crippen LogP contribution is -2.28. The number of aliphatic carboxylic acids is 1. The molecule has 0 fully saturated rings. The van der Waals surface area contributed by atoms with Gasteiger partial charge in [-0.15, -0.1) is 0 Å². The summed E-state index contributed by atoms with van der Waals surface area (Å²) in [7, 11) is 0. The molecule has 1 aromatic heterocycles. The lowest BCUT2D eigenvalue weighted by molar-refractivity contribution is -0.143. The van der Waals surface area contributed by atoms with Crippen LogP contribution in [0.3, 0.4) is 0 Å². The van der Waals surface area contributed by atoms with Gasteiger partial charge in [0.1, 0.15) is 13.2 Å². The zero-order valence-electron chi connectivity index (χ0n) is 11.2. The number of nitrogens with zero attached hydrogens (tertiary/aromatic N) is 2. The summed E-state index contributed by atoms with van der Waals surface area (Å²) in [5, 5.41) is 15.2. The number of ether oxygens (including phenoxy) is 1. The molecular formula is C14H15N3O4. The van der Waals surface area contributed by atoms with E-state index in [4.69, 9.17) is 9.84 Å². The van der Waals surface area contributed by atoms with Gasteiger partial charge >= 0.3 is 5.97 Å². The van der Waals surface area contributed by atoms with E-state index < -0.39 is 12.6 Å². The highest BCUT2D eigenvalue weighted by Gasteiger charge is 2.07. The number of carboxylic acids is 1. The summed E-state index contributed by atoms with van der Waals surface area (Å²) in [6.45, 7) is -0.459. The van der Waals surface area contributed by atoms with E-state index >= 15 is 0 Å². The van der Waals surface area contributed by atoms with E-state index in [1.807, 2.05) is 36.5 Å². The van der Waals surface area contributed by atoms with Crippen molar-refractivity contribution in [3.63, 3.8) is 0 Å². The third-order valence-corrected chi connectivity index (χ3v) is 2.68. The Kier molecular flexibility index (Phi) is 5.05. The molecule has 21 heavy (non-hydrogen) atoms. The molecule has 1 heterocycles. The quantitative estimate of drug-likeness (QED) is 0.778. The summed E-state index contributed by atoms with van der Waals surface area (Å²) in [5.74, 6) is -1.47. The molecule has 0 spiro atoms. The van der Waals surface area contributed by atoms with Gasteiger partial charge in [-0.3, -0.25) is 4.79 Å². The Bertz CT molecular complexity index is 610. The van der Waals surface area contributed by atoms with Gasteiger partial charge in [0.2, 0.25) is 5.91 Å². The van der Waals surface area contributed by atoms with Crippen molar-refractivity contribution < 1.29 is 19.4 Å². The van der Waals surface area contributed by atoms with Crippen LogP contribution in [-0.2, 0) is 20.9 Å². The second kappa shape index (κ2) is 7.20. The van der Waals surface area contributed by atoms with Crippen LogP contribution in [0.1, 0.15) is 5.56 Å². The normalized spacial score (nSPS) is 10.3. The van der Waals surface area contributed by atoms with E-state index in [0.717, 1.165) is 11.3 Å². The highest BCUT2D eigenvalue weighted by molar-refractivity contribution is 5.77. The topological polar surface area (TPSA) is 93.5 Å². The number of carbonyl (C=O) groups excluding carboxylic acids is 1. The van der Waals surface area contributed by atoms with Gasteiger partial charge in [-0.2, -0.15) is 5.10 Å².